The monoisotopic (exact) mass is 529 g/mol. The van der Waals surface area contributed by atoms with Crippen LogP contribution < -0.4 is 24.5 Å². The predicted molar refractivity (Wildman–Crippen MR) is 137 cm³/mol. The van der Waals surface area contributed by atoms with Crippen molar-refractivity contribution in [1.82, 2.24) is 9.55 Å². The topological polar surface area (TPSA) is 113 Å². The Labute approximate surface area is 222 Å². The second-order valence-electron chi connectivity index (χ2n) is 8.25. The standard InChI is InChI=1S/C28H20ClN3O6/c29-23-9-21(15-33)25(37-16-19-8-18(12-30)13-31-14-19)11-26(23)38-17-20-2-1-5-32(28(20)34)22-3-4-24-27(10-22)36-7-6-35-24/h1-5,8-11,13-15H,6-7,16-17H2. The van der Waals surface area contributed by atoms with Gasteiger partial charge in [-0.2, -0.15) is 5.26 Å². The molecule has 2 aromatic heterocycles. The quantitative estimate of drug-likeness (QED) is 0.307. The summed E-state index contributed by atoms with van der Waals surface area (Å²) >= 11 is 6.34. The lowest BCUT2D eigenvalue weighted by molar-refractivity contribution is 0.111. The van der Waals surface area contributed by atoms with Gasteiger partial charge in [0.05, 0.1) is 27.4 Å². The number of nitrogens with zero attached hydrogens (tertiary/aromatic N) is 3. The average Bonchev–Trinajstić information content (AvgIpc) is 2.96. The second-order valence-corrected chi connectivity index (χ2v) is 8.65. The third-order valence-electron chi connectivity index (χ3n) is 5.72. The molecular formula is C28H20ClN3O6. The van der Waals surface area contributed by atoms with E-state index in [4.69, 9.17) is 35.8 Å². The Bertz CT molecular complexity index is 1610. The highest BCUT2D eigenvalue weighted by molar-refractivity contribution is 6.32. The number of aromatic nitrogens is 2. The van der Waals surface area contributed by atoms with Crippen molar-refractivity contribution in [3.63, 3.8) is 0 Å². The number of rotatable bonds is 8. The fraction of sp³-hybridized carbons (Fsp3) is 0.143. The first kappa shape index (κ1) is 24.9. The van der Waals surface area contributed by atoms with Crippen LogP contribution in [0.25, 0.3) is 5.69 Å². The predicted octanol–water partition coefficient (Wildman–Crippen LogP) is 4.50. The van der Waals surface area contributed by atoms with Crippen LogP contribution in [0.3, 0.4) is 0 Å². The molecular weight excluding hydrogens is 510 g/mol. The van der Waals surface area contributed by atoms with Crippen LogP contribution in [-0.2, 0) is 13.2 Å². The van der Waals surface area contributed by atoms with Crippen molar-refractivity contribution >= 4 is 17.9 Å². The summed E-state index contributed by atoms with van der Waals surface area (Å²) in [4.78, 5) is 28.8. The third-order valence-corrected chi connectivity index (χ3v) is 6.02. The lowest BCUT2D eigenvalue weighted by atomic mass is 10.2. The molecule has 190 valence electrons. The fourth-order valence-corrected chi connectivity index (χ4v) is 4.08. The first-order valence-corrected chi connectivity index (χ1v) is 11.9. The van der Waals surface area contributed by atoms with Crippen molar-refractivity contribution in [2.45, 2.75) is 13.2 Å². The Morgan fingerprint density at radius 1 is 1.03 bits per heavy atom. The molecule has 1 aliphatic rings. The highest BCUT2D eigenvalue weighted by atomic mass is 35.5. The second kappa shape index (κ2) is 11.1. The van der Waals surface area contributed by atoms with Gasteiger partial charge in [0.25, 0.3) is 5.56 Å². The number of hydrogen-bond acceptors (Lipinski definition) is 8. The summed E-state index contributed by atoms with van der Waals surface area (Å²) in [7, 11) is 0. The minimum absolute atomic E-state index is 0.0715. The maximum Gasteiger partial charge on any atom is 0.261 e. The summed E-state index contributed by atoms with van der Waals surface area (Å²) in [6.07, 6.45) is 5.29. The van der Waals surface area contributed by atoms with Gasteiger partial charge in [0.15, 0.2) is 17.8 Å². The molecule has 0 bridgehead atoms. The minimum atomic E-state index is -0.272. The molecule has 0 spiro atoms. The van der Waals surface area contributed by atoms with E-state index in [-0.39, 0.29) is 40.9 Å². The maximum atomic E-state index is 13.2. The molecule has 0 saturated carbocycles. The summed E-state index contributed by atoms with van der Waals surface area (Å²) in [6, 6.07) is 15.3. The van der Waals surface area contributed by atoms with E-state index in [2.05, 4.69) is 4.98 Å². The lowest BCUT2D eigenvalue weighted by Crippen LogP contribution is -2.23. The number of carbonyl (C=O) groups is 1. The highest BCUT2D eigenvalue weighted by Gasteiger charge is 2.15. The molecule has 0 saturated heterocycles. The molecule has 9 nitrogen and oxygen atoms in total. The zero-order chi connectivity index (χ0) is 26.5. The van der Waals surface area contributed by atoms with Gasteiger partial charge < -0.3 is 18.9 Å². The van der Waals surface area contributed by atoms with Crippen LogP contribution in [0.15, 0.2) is 71.9 Å². The van der Waals surface area contributed by atoms with E-state index >= 15 is 0 Å². The van der Waals surface area contributed by atoms with Gasteiger partial charge in [0.1, 0.15) is 44.0 Å². The van der Waals surface area contributed by atoms with Crippen LogP contribution in [0, 0.1) is 11.3 Å². The summed E-state index contributed by atoms with van der Waals surface area (Å²) in [5, 5.41) is 9.25. The average molecular weight is 530 g/mol. The number of benzene rings is 2. The number of ether oxygens (including phenoxy) is 4. The number of fused-ring (bicyclic) bond motifs is 1. The van der Waals surface area contributed by atoms with Gasteiger partial charge in [-0.05, 0) is 36.4 Å². The maximum absolute atomic E-state index is 13.2. The summed E-state index contributed by atoms with van der Waals surface area (Å²) < 4.78 is 24.3. The number of pyridine rings is 2. The Kier molecular flexibility index (Phi) is 7.24. The van der Waals surface area contributed by atoms with Crippen molar-refractivity contribution in [2.75, 3.05) is 13.2 Å². The Hall–Kier alpha value is -4.81. The van der Waals surface area contributed by atoms with Crippen molar-refractivity contribution in [3.8, 4) is 34.8 Å². The SMILES string of the molecule is N#Cc1cncc(COc2cc(OCc3cccn(-c4ccc5c(c4)OCCO5)c3=O)c(Cl)cc2C=O)c1. The first-order valence-electron chi connectivity index (χ1n) is 11.5. The molecule has 0 atom stereocenters. The number of nitriles is 1. The van der Waals surface area contributed by atoms with Gasteiger partial charge in [-0.1, -0.05) is 11.6 Å². The van der Waals surface area contributed by atoms with Crippen LogP contribution in [0.4, 0.5) is 0 Å². The number of carbonyl (C=O) groups excluding carboxylic acids is 1. The van der Waals surface area contributed by atoms with Gasteiger partial charge in [-0.3, -0.25) is 19.1 Å². The molecule has 2 aromatic carbocycles. The van der Waals surface area contributed by atoms with Gasteiger partial charge in [0.2, 0.25) is 0 Å². The van der Waals surface area contributed by atoms with E-state index in [1.807, 2.05) is 6.07 Å². The normalized spacial score (nSPS) is 11.9. The van der Waals surface area contributed by atoms with Gasteiger partial charge in [-0.15, -0.1) is 0 Å². The summed E-state index contributed by atoms with van der Waals surface area (Å²) in [5.41, 5.74) is 2.02. The van der Waals surface area contributed by atoms with Crippen molar-refractivity contribution < 1.29 is 23.7 Å². The van der Waals surface area contributed by atoms with E-state index in [1.54, 1.807) is 48.8 Å². The zero-order valence-electron chi connectivity index (χ0n) is 19.9. The molecule has 5 rings (SSSR count). The van der Waals surface area contributed by atoms with Crippen LogP contribution >= 0.6 is 11.6 Å². The Morgan fingerprint density at radius 2 is 1.84 bits per heavy atom. The smallest absolute Gasteiger partial charge is 0.261 e. The van der Waals surface area contributed by atoms with Crippen LogP contribution in [-0.4, -0.2) is 29.1 Å². The first-order chi connectivity index (χ1) is 18.6. The molecule has 0 fully saturated rings. The van der Waals surface area contributed by atoms with Crippen molar-refractivity contribution in [1.29, 1.82) is 5.26 Å². The van der Waals surface area contributed by atoms with Crippen LogP contribution in [0.1, 0.15) is 27.0 Å². The lowest BCUT2D eigenvalue weighted by Gasteiger charge is -2.19. The molecule has 0 unspecified atom stereocenters. The Balaban J connectivity index is 1.35. The van der Waals surface area contributed by atoms with Gasteiger partial charge >= 0.3 is 0 Å². The van der Waals surface area contributed by atoms with Gasteiger partial charge in [-0.25, -0.2) is 0 Å². The van der Waals surface area contributed by atoms with Crippen molar-refractivity contribution in [2.24, 2.45) is 0 Å². The number of hydrogen-bond donors (Lipinski definition) is 0. The summed E-state index contributed by atoms with van der Waals surface area (Å²) in [6.45, 7) is 0.924. The van der Waals surface area contributed by atoms with E-state index in [1.165, 1.54) is 22.9 Å². The zero-order valence-corrected chi connectivity index (χ0v) is 20.7. The minimum Gasteiger partial charge on any atom is -0.488 e. The van der Waals surface area contributed by atoms with E-state index < -0.39 is 0 Å². The molecule has 0 amide bonds. The van der Waals surface area contributed by atoms with Crippen molar-refractivity contribution in [3.05, 3.63) is 105 Å². The van der Waals surface area contributed by atoms with E-state index in [0.29, 0.717) is 53.4 Å². The molecule has 38 heavy (non-hydrogen) atoms. The Morgan fingerprint density at radius 3 is 2.66 bits per heavy atom. The van der Waals surface area contributed by atoms with E-state index in [0.717, 1.165) is 0 Å². The molecule has 10 heteroatoms. The van der Waals surface area contributed by atoms with Crippen LogP contribution in [0.5, 0.6) is 23.0 Å². The van der Waals surface area contributed by atoms with Gasteiger partial charge in [0, 0.05) is 36.3 Å². The number of aldehydes is 1. The third kappa shape index (κ3) is 5.31. The molecule has 0 N–H and O–H groups in total. The molecule has 1 aliphatic heterocycles. The molecule has 0 radical (unpaired) electrons. The summed E-state index contributed by atoms with van der Waals surface area (Å²) in [5.74, 6) is 1.69. The fourth-order valence-electron chi connectivity index (χ4n) is 3.86. The molecule has 3 heterocycles. The largest absolute Gasteiger partial charge is 0.488 e. The molecule has 0 aliphatic carbocycles. The molecule has 4 aromatic rings. The van der Waals surface area contributed by atoms with Crippen LogP contribution in [0.2, 0.25) is 5.02 Å². The van der Waals surface area contributed by atoms with E-state index in [9.17, 15) is 9.59 Å². The highest BCUT2D eigenvalue weighted by Crippen LogP contribution is 2.34. The number of halogens is 1.